The van der Waals surface area contributed by atoms with Gasteiger partial charge in [-0.1, -0.05) is 30.3 Å². The summed E-state index contributed by atoms with van der Waals surface area (Å²) in [5.41, 5.74) is 0.948. The Kier molecular flexibility index (Phi) is 7.77. The van der Waals surface area contributed by atoms with E-state index in [1.54, 1.807) is 12.1 Å². The topological polar surface area (TPSA) is 53.9 Å². The molecule has 0 spiro atoms. The van der Waals surface area contributed by atoms with Crippen LogP contribution in [0, 0.1) is 5.82 Å². The Morgan fingerprint density at radius 3 is 2.62 bits per heavy atom. The Balaban J connectivity index is 1.67. The van der Waals surface area contributed by atoms with Crippen LogP contribution in [0.25, 0.3) is 0 Å². The van der Waals surface area contributed by atoms with Crippen molar-refractivity contribution in [2.75, 3.05) is 31.9 Å². The van der Waals surface area contributed by atoms with Crippen LogP contribution in [0.5, 0.6) is 0 Å². The molecule has 1 aliphatic rings. The van der Waals surface area contributed by atoms with E-state index in [-0.39, 0.29) is 18.0 Å². The highest BCUT2D eigenvalue weighted by Gasteiger charge is 2.28. The SMILES string of the molecule is CCNC(=NCCS(=O)c1ccccc1)N1CC(C)OC(c2ccc(F)cc2)C1. The molecule has 1 aliphatic heterocycles. The van der Waals surface area contributed by atoms with Crippen LogP contribution in [-0.4, -0.2) is 53.1 Å². The fraction of sp³-hybridized carbons (Fsp3) is 0.409. The third-order valence-electron chi connectivity index (χ3n) is 4.68. The second-order valence-electron chi connectivity index (χ2n) is 6.99. The third-order valence-corrected chi connectivity index (χ3v) is 6.03. The first-order valence-electron chi connectivity index (χ1n) is 9.94. The van der Waals surface area contributed by atoms with Crippen molar-refractivity contribution in [3.05, 3.63) is 66.0 Å². The van der Waals surface area contributed by atoms with E-state index >= 15 is 0 Å². The molecule has 29 heavy (non-hydrogen) atoms. The largest absolute Gasteiger partial charge is 0.367 e. The number of nitrogens with one attached hydrogen (secondary N) is 1. The number of hydrogen-bond donors (Lipinski definition) is 1. The number of halogens is 1. The van der Waals surface area contributed by atoms with Gasteiger partial charge in [-0.15, -0.1) is 0 Å². The molecule has 1 heterocycles. The van der Waals surface area contributed by atoms with Crippen LogP contribution in [0.15, 0.2) is 64.5 Å². The number of guanidine groups is 1. The lowest BCUT2D eigenvalue weighted by molar-refractivity contribution is -0.0605. The minimum atomic E-state index is -1.07. The summed E-state index contributed by atoms with van der Waals surface area (Å²) in [6, 6.07) is 15.9. The van der Waals surface area contributed by atoms with Crippen LogP contribution in [-0.2, 0) is 15.5 Å². The first kappa shape index (κ1) is 21.5. The van der Waals surface area contributed by atoms with Gasteiger partial charge in [-0.3, -0.25) is 9.20 Å². The molecule has 1 fully saturated rings. The third kappa shape index (κ3) is 6.11. The van der Waals surface area contributed by atoms with E-state index in [2.05, 4.69) is 10.2 Å². The predicted molar refractivity (Wildman–Crippen MR) is 115 cm³/mol. The normalized spacial score (nSPS) is 21.1. The average Bonchev–Trinajstić information content (AvgIpc) is 2.73. The Morgan fingerprint density at radius 1 is 1.21 bits per heavy atom. The second-order valence-corrected chi connectivity index (χ2v) is 8.56. The molecule has 156 valence electrons. The zero-order chi connectivity index (χ0) is 20.6. The monoisotopic (exact) mass is 417 g/mol. The Hall–Kier alpha value is -2.25. The number of morpholine rings is 1. The van der Waals surface area contributed by atoms with E-state index in [0.717, 1.165) is 23.0 Å². The van der Waals surface area contributed by atoms with Gasteiger partial charge in [-0.25, -0.2) is 4.39 Å². The van der Waals surface area contributed by atoms with Crippen LogP contribution in [0.3, 0.4) is 0 Å². The highest BCUT2D eigenvalue weighted by molar-refractivity contribution is 7.85. The van der Waals surface area contributed by atoms with Crippen molar-refractivity contribution in [1.82, 2.24) is 10.2 Å². The summed E-state index contributed by atoms with van der Waals surface area (Å²) in [6.45, 7) is 6.61. The smallest absolute Gasteiger partial charge is 0.194 e. The molecule has 0 radical (unpaired) electrons. The number of ether oxygens (including phenoxy) is 1. The van der Waals surface area contributed by atoms with Gasteiger partial charge in [0.1, 0.15) is 11.9 Å². The van der Waals surface area contributed by atoms with E-state index in [9.17, 15) is 8.60 Å². The van der Waals surface area contributed by atoms with Crippen LogP contribution in [0.2, 0.25) is 0 Å². The summed E-state index contributed by atoms with van der Waals surface area (Å²) < 4.78 is 31.8. The average molecular weight is 418 g/mol. The summed E-state index contributed by atoms with van der Waals surface area (Å²) in [7, 11) is -1.07. The number of nitrogens with zero attached hydrogens (tertiary/aromatic N) is 2. The Morgan fingerprint density at radius 2 is 1.93 bits per heavy atom. The molecule has 1 saturated heterocycles. The van der Waals surface area contributed by atoms with Gasteiger partial charge >= 0.3 is 0 Å². The molecule has 3 atom stereocenters. The summed E-state index contributed by atoms with van der Waals surface area (Å²) in [5.74, 6) is 1.01. The fourth-order valence-electron chi connectivity index (χ4n) is 3.34. The highest BCUT2D eigenvalue weighted by atomic mass is 32.2. The molecular weight excluding hydrogens is 389 g/mol. The summed E-state index contributed by atoms with van der Waals surface area (Å²) in [5, 5.41) is 3.33. The van der Waals surface area contributed by atoms with Gasteiger partial charge in [-0.2, -0.15) is 0 Å². The molecule has 7 heteroatoms. The molecular formula is C22H28FN3O2S. The quantitative estimate of drug-likeness (QED) is 0.578. The van der Waals surface area contributed by atoms with Gasteiger partial charge < -0.3 is 15.0 Å². The van der Waals surface area contributed by atoms with Gasteiger partial charge in [0, 0.05) is 23.7 Å². The fourth-order valence-corrected chi connectivity index (χ4v) is 4.29. The molecule has 3 rings (SSSR count). The van der Waals surface area contributed by atoms with Crippen molar-refractivity contribution in [2.24, 2.45) is 4.99 Å². The molecule has 2 aromatic rings. The standard InChI is InChI=1S/C22H28FN3O2S/c1-3-24-22(25-13-14-29(27)20-7-5-4-6-8-20)26-15-17(2)28-21(16-26)18-9-11-19(23)12-10-18/h4-12,17,21H,3,13-16H2,1-2H3,(H,24,25). The highest BCUT2D eigenvalue weighted by Crippen LogP contribution is 2.25. The van der Waals surface area contributed by atoms with E-state index in [1.807, 2.05) is 44.2 Å². The molecule has 0 aromatic heterocycles. The van der Waals surface area contributed by atoms with E-state index in [0.29, 0.717) is 25.4 Å². The number of rotatable bonds is 6. The Labute approximate surface area is 174 Å². The van der Waals surface area contributed by atoms with Crippen LogP contribution < -0.4 is 5.32 Å². The van der Waals surface area contributed by atoms with Crippen molar-refractivity contribution in [3.8, 4) is 0 Å². The lowest BCUT2D eigenvalue weighted by Crippen LogP contribution is -2.50. The summed E-state index contributed by atoms with van der Waals surface area (Å²) in [4.78, 5) is 7.69. The van der Waals surface area contributed by atoms with Crippen molar-refractivity contribution >= 4 is 16.8 Å². The lowest BCUT2D eigenvalue weighted by atomic mass is 10.1. The van der Waals surface area contributed by atoms with Gasteiger partial charge in [-0.05, 0) is 43.7 Å². The van der Waals surface area contributed by atoms with Gasteiger partial charge in [0.25, 0.3) is 0 Å². The molecule has 2 aromatic carbocycles. The van der Waals surface area contributed by atoms with Gasteiger partial charge in [0.2, 0.25) is 0 Å². The molecule has 3 unspecified atom stereocenters. The molecule has 5 nitrogen and oxygen atoms in total. The maximum atomic E-state index is 13.3. The zero-order valence-electron chi connectivity index (χ0n) is 16.9. The molecule has 1 N–H and O–H groups in total. The minimum absolute atomic E-state index is 0.0149. The predicted octanol–water partition coefficient (Wildman–Crippen LogP) is 3.36. The van der Waals surface area contributed by atoms with E-state index in [1.165, 1.54) is 12.1 Å². The Bertz CT molecular complexity index is 830. The molecule has 0 bridgehead atoms. The van der Waals surface area contributed by atoms with E-state index < -0.39 is 10.8 Å². The van der Waals surface area contributed by atoms with Crippen molar-refractivity contribution in [3.63, 3.8) is 0 Å². The zero-order valence-corrected chi connectivity index (χ0v) is 17.7. The molecule has 0 saturated carbocycles. The molecule has 0 aliphatic carbocycles. The van der Waals surface area contributed by atoms with Crippen molar-refractivity contribution < 1.29 is 13.3 Å². The maximum absolute atomic E-state index is 13.3. The van der Waals surface area contributed by atoms with Crippen LogP contribution >= 0.6 is 0 Å². The number of aliphatic imine (C=N–C) groups is 1. The summed E-state index contributed by atoms with van der Waals surface area (Å²) >= 11 is 0. The van der Waals surface area contributed by atoms with Crippen molar-refractivity contribution in [2.45, 2.75) is 31.0 Å². The first-order valence-corrected chi connectivity index (χ1v) is 11.3. The van der Waals surface area contributed by atoms with Crippen LogP contribution in [0.1, 0.15) is 25.5 Å². The van der Waals surface area contributed by atoms with Gasteiger partial charge in [0.15, 0.2) is 5.96 Å². The molecule has 0 amide bonds. The van der Waals surface area contributed by atoms with Gasteiger partial charge in [0.05, 0.1) is 30.0 Å². The maximum Gasteiger partial charge on any atom is 0.194 e. The first-order chi connectivity index (χ1) is 14.1. The lowest BCUT2D eigenvalue weighted by Gasteiger charge is -2.38. The minimum Gasteiger partial charge on any atom is -0.367 e. The van der Waals surface area contributed by atoms with Crippen molar-refractivity contribution in [1.29, 1.82) is 0 Å². The summed E-state index contributed by atoms with van der Waals surface area (Å²) in [6.07, 6.45) is -0.136. The van der Waals surface area contributed by atoms with Crippen LogP contribution in [0.4, 0.5) is 4.39 Å². The number of benzene rings is 2. The second kappa shape index (κ2) is 10.5. The van der Waals surface area contributed by atoms with E-state index in [4.69, 9.17) is 9.73 Å². The number of hydrogen-bond acceptors (Lipinski definition) is 3.